The SMILES string of the molecule is COc1ccc(-c2nc(C)c(Cl)nc2OC)cc1. The zero-order valence-electron chi connectivity index (χ0n) is 10.4. The van der Waals surface area contributed by atoms with Gasteiger partial charge in [-0.05, 0) is 31.2 Å². The van der Waals surface area contributed by atoms with Gasteiger partial charge in [-0.3, -0.25) is 0 Å². The molecule has 5 heteroatoms. The van der Waals surface area contributed by atoms with E-state index < -0.39 is 0 Å². The topological polar surface area (TPSA) is 44.2 Å². The van der Waals surface area contributed by atoms with Gasteiger partial charge in [-0.2, -0.15) is 4.98 Å². The van der Waals surface area contributed by atoms with E-state index in [2.05, 4.69) is 9.97 Å². The van der Waals surface area contributed by atoms with Crippen molar-refractivity contribution < 1.29 is 9.47 Å². The summed E-state index contributed by atoms with van der Waals surface area (Å²) in [6.07, 6.45) is 0. The summed E-state index contributed by atoms with van der Waals surface area (Å²) in [5, 5.41) is 0.351. The largest absolute Gasteiger partial charge is 0.497 e. The van der Waals surface area contributed by atoms with Crippen molar-refractivity contribution in [2.45, 2.75) is 6.92 Å². The number of hydrogen-bond donors (Lipinski definition) is 0. The lowest BCUT2D eigenvalue weighted by atomic mass is 10.1. The van der Waals surface area contributed by atoms with Crippen molar-refractivity contribution in [3.8, 4) is 22.9 Å². The van der Waals surface area contributed by atoms with Crippen molar-refractivity contribution in [2.75, 3.05) is 14.2 Å². The normalized spacial score (nSPS) is 10.2. The van der Waals surface area contributed by atoms with Gasteiger partial charge in [0.05, 0.1) is 19.9 Å². The number of ether oxygens (including phenoxy) is 2. The average molecular weight is 265 g/mol. The van der Waals surface area contributed by atoms with Crippen LogP contribution < -0.4 is 9.47 Å². The fourth-order valence-corrected chi connectivity index (χ4v) is 1.68. The summed E-state index contributed by atoms with van der Waals surface area (Å²) in [6, 6.07) is 7.53. The van der Waals surface area contributed by atoms with Crippen LogP contribution in [-0.4, -0.2) is 24.2 Å². The molecule has 0 aliphatic carbocycles. The second kappa shape index (κ2) is 5.23. The Morgan fingerprint density at radius 2 is 1.67 bits per heavy atom. The highest BCUT2D eigenvalue weighted by Gasteiger charge is 2.12. The monoisotopic (exact) mass is 264 g/mol. The molecule has 1 aromatic carbocycles. The molecule has 1 heterocycles. The minimum atomic E-state index is 0.351. The van der Waals surface area contributed by atoms with Gasteiger partial charge in [0.2, 0.25) is 5.88 Å². The smallest absolute Gasteiger partial charge is 0.241 e. The first-order valence-corrected chi connectivity index (χ1v) is 5.76. The second-order valence-electron chi connectivity index (χ2n) is 3.69. The Labute approximate surface area is 111 Å². The lowest BCUT2D eigenvalue weighted by molar-refractivity contribution is 0.397. The van der Waals surface area contributed by atoms with E-state index in [4.69, 9.17) is 21.1 Å². The molecule has 0 fully saturated rings. The van der Waals surface area contributed by atoms with E-state index in [1.165, 1.54) is 0 Å². The average Bonchev–Trinajstić information content (AvgIpc) is 2.41. The number of aryl methyl sites for hydroxylation is 1. The number of hydrogen-bond acceptors (Lipinski definition) is 4. The third kappa shape index (κ3) is 2.38. The molecule has 0 atom stereocenters. The number of nitrogens with zero attached hydrogens (tertiary/aromatic N) is 2. The number of methoxy groups -OCH3 is 2. The van der Waals surface area contributed by atoms with E-state index in [0.29, 0.717) is 22.4 Å². The molecule has 0 bridgehead atoms. The maximum atomic E-state index is 5.93. The summed E-state index contributed by atoms with van der Waals surface area (Å²) in [4.78, 5) is 8.57. The van der Waals surface area contributed by atoms with Gasteiger partial charge in [0.25, 0.3) is 0 Å². The highest BCUT2D eigenvalue weighted by atomic mass is 35.5. The van der Waals surface area contributed by atoms with Crippen LogP contribution in [0.25, 0.3) is 11.3 Å². The molecule has 0 saturated carbocycles. The van der Waals surface area contributed by atoms with Crippen LogP contribution in [-0.2, 0) is 0 Å². The Bertz CT molecular complexity index is 556. The number of rotatable bonds is 3. The van der Waals surface area contributed by atoms with Crippen molar-refractivity contribution in [3.63, 3.8) is 0 Å². The Kier molecular flexibility index (Phi) is 3.67. The molecule has 0 spiro atoms. The molecule has 2 aromatic rings. The highest BCUT2D eigenvalue weighted by Crippen LogP contribution is 2.29. The lowest BCUT2D eigenvalue weighted by Crippen LogP contribution is -1.98. The van der Waals surface area contributed by atoms with Gasteiger partial charge >= 0.3 is 0 Å². The van der Waals surface area contributed by atoms with Gasteiger partial charge in [0.1, 0.15) is 11.4 Å². The van der Waals surface area contributed by atoms with Gasteiger partial charge in [0, 0.05) is 5.56 Å². The summed E-state index contributed by atoms with van der Waals surface area (Å²) in [7, 11) is 3.17. The summed E-state index contributed by atoms with van der Waals surface area (Å²) >= 11 is 5.93. The first-order chi connectivity index (χ1) is 8.65. The van der Waals surface area contributed by atoms with Crippen LogP contribution in [0, 0.1) is 6.92 Å². The Hall–Kier alpha value is -1.81. The molecule has 0 aliphatic rings. The van der Waals surface area contributed by atoms with Crippen LogP contribution in [0.5, 0.6) is 11.6 Å². The second-order valence-corrected chi connectivity index (χ2v) is 4.04. The molecular weight excluding hydrogens is 252 g/mol. The van der Waals surface area contributed by atoms with Crippen LogP contribution in [0.15, 0.2) is 24.3 Å². The molecule has 18 heavy (non-hydrogen) atoms. The lowest BCUT2D eigenvalue weighted by Gasteiger charge is -2.09. The summed E-state index contributed by atoms with van der Waals surface area (Å²) in [6.45, 7) is 1.81. The third-order valence-electron chi connectivity index (χ3n) is 2.54. The van der Waals surface area contributed by atoms with E-state index in [0.717, 1.165) is 11.3 Å². The predicted molar refractivity (Wildman–Crippen MR) is 70.3 cm³/mol. The van der Waals surface area contributed by atoms with E-state index >= 15 is 0 Å². The molecular formula is C13H13ClN2O2. The van der Waals surface area contributed by atoms with E-state index in [9.17, 15) is 0 Å². The highest BCUT2D eigenvalue weighted by molar-refractivity contribution is 6.30. The van der Waals surface area contributed by atoms with Gasteiger partial charge in [-0.1, -0.05) is 11.6 Å². The molecule has 0 N–H and O–H groups in total. The summed E-state index contributed by atoms with van der Waals surface area (Å²) in [5.74, 6) is 1.20. The summed E-state index contributed by atoms with van der Waals surface area (Å²) in [5.41, 5.74) is 2.24. The Morgan fingerprint density at radius 1 is 1.00 bits per heavy atom. The van der Waals surface area contributed by atoms with Crippen molar-refractivity contribution in [1.82, 2.24) is 9.97 Å². The molecule has 94 valence electrons. The minimum absolute atomic E-state index is 0.351. The predicted octanol–water partition coefficient (Wildman–Crippen LogP) is 3.12. The molecule has 4 nitrogen and oxygen atoms in total. The molecule has 0 saturated heterocycles. The molecule has 0 unspecified atom stereocenters. The van der Waals surface area contributed by atoms with Gasteiger partial charge in [-0.15, -0.1) is 0 Å². The summed E-state index contributed by atoms with van der Waals surface area (Å²) < 4.78 is 10.3. The molecule has 1 aromatic heterocycles. The number of halogens is 1. The first kappa shape index (κ1) is 12.6. The fourth-order valence-electron chi connectivity index (χ4n) is 1.56. The maximum absolute atomic E-state index is 5.93. The molecule has 2 rings (SSSR count). The first-order valence-electron chi connectivity index (χ1n) is 5.38. The quantitative estimate of drug-likeness (QED) is 0.854. The Balaban J connectivity index is 2.51. The van der Waals surface area contributed by atoms with E-state index in [1.807, 2.05) is 31.2 Å². The van der Waals surface area contributed by atoms with E-state index in [-0.39, 0.29) is 0 Å². The molecule has 0 radical (unpaired) electrons. The number of aromatic nitrogens is 2. The zero-order valence-corrected chi connectivity index (χ0v) is 11.2. The Morgan fingerprint density at radius 3 is 2.22 bits per heavy atom. The van der Waals surface area contributed by atoms with Crippen LogP contribution >= 0.6 is 11.6 Å². The number of benzene rings is 1. The van der Waals surface area contributed by atoms with Gasteiger partial charge in [-0.25, -0.2) is 4.98 Å². The van der Waals surface area contributed by atoms with Crippen LogP contribution in [0.4, 0.5) is 0 Å². The van der Waals surface area contributed by atoms with Crippen molar-refractivity contribution >= 4 is 11.6 Å². The fraction of sp³-hybridized carbons (Fsp3) is 0.231. The maximum Gasteiger partial charge on any atom is 0.241 e. The van der Waals surface area contributed by atoms with Crippen molar-refractivity contribution in [3.05, 3.63) is 35.1 Å². The molecule has 0 aliphatic heterocycles. The standard InChI is InChI=1S/C13H13ClN2O2/c1-8-12(14)16-13(18-3)11(15-8)9-4-6-10(17-2)7-5-9/h4-7H,1-3H3. The van der Waals surface area contributed by atoms with Crippen LogP contribution in [0.2, 0.25) is 5.15 Å². The third-order valence-corrected chi connectivity index (χ3v) is 2.90. The van der Waals surface area contributed by atoms with E-state index in [1.54, 1.807) is 14.2 Å². The minimum Gasteiger partial charge on any atom is -0.497 e. The van der Waals surface area contributed by atoms with Crippen LogP contribution in [0.1, 0.15) is 5.69 Å². The van der Waals surface area contributed by atoms with Crippen molar-refractivity contribution in [1.29, 1.82) is 0 Å². The van der Waals surface area contributed by atoms with Gasteiger partial charge < -0.3 is 9.47 Å². The van der Waals surface area contributed by atoms with Crippen molar-refractivity contribution in [2.24, 2.45) is 0 Å². The van der Waals surface area contributed by atoms with Gasteiger partial charge in [0.15, 0.2) is 5.15 Å². The van der Waals surface area contributed by atoms with Crippen LogP contribution in [0.3, 0.4) is 0 Å². The zero-order chi connectivity index (χ0) is 13.1. The molecule has 0 amide bonds.